The van der Waals surface area contributed by atoms with Crippen LogP contribution in [0.5, 0.6) is 0 Å². The van der Waals surface area contributed by atoms with Crippen molar-refractivity contribution >= 4 is 11.8 Å². The number of nitrogens with one attached hydrogen (secondary N) is 1. The van der Waals surface area contributed by atoms with Crippen LogP contribution < -0.4 is 11.1 Å². The summed E-state index contributed by atoms with van der Waals surface area (Å²) in [7, 11) is 0. The Kier molecular flexibility index (Phi) is 4.73. The standard InChI is InChI=1S/C11H21N3O2/c1-8(2)13-10(15)5-7-14-6-3-4-9(12)11(14)16/h8-9H,3-7,12H2,1-2H3,(H,13,15). The lowest BCUT2D eigenvalue weighted by Gasteiger charge is -2.30. The molecule has 0 radical (unpaired) electrons. The van der Waals surface area contributed by atoms with Crippen molar-refractivity contribution in [3.63, 3.8) is 0 Å². The minimum atomic E-state index is -0.373. The van der Waals surface area contributed by atoms with Gasteiger partial charge in [0, 0.05) is 25.6 Å². The van der Waals surface area contributed by atoms with Gasteiger partial charge < -0.3 is 16.0 Å². The van der Waals surface area contributed by atoms with E-state index < -0.39 is 0 Å². The number of amides is 2. The Morgan fingerprint density at radius 3 is 2.94 bits per heavy atom. The second-order valence-electron chi connectivity index (χ2n) is 4.55. The fourth-order valence-corrected chi connectivity index (χ4v) is 1.82. The highest BCUT2D eigenvalue weighted by Gasteiger charge is 2.25. The van der Waals surface area contributed by atoms with Gasteiger partial charge in [0.05, 0.1) is 6.04 Å². The zero-order valence-corrected chi connectivity index (χ0v) is 10.0. The van der Waals surface area contributed by atoms with Gasteiger partial charge in [0.1, 0.15) is 0 Å². The van der Waals surface area contributed by atoms with Gasteiger partial charge >= 0.3 is 0 Å². The normalized spacial score (nSPS) is 21.4. The second kappa shape index (κ2) is 5.84. The van der Waals surface area contributed by atoms with Gasteiger partial charge in [0.15, 0.2) is 0 Å². The molecule has 3 N–H and O–H groups in total. The molecule has 2 amide bonds. The molecule has 1 aliphatic heterocycles. The van der Waals surface area contributed by atoms with Gasteiger partial charge in [0.2, 0.25) is 11.8 Å². The van der Waals surface area contributed by atoms with Crippen molar-refractivity contribution in [1.29, 1.82) is 0 Å². The summed E-state index contributed by atoms with van der Waals surface area (Å²) in [6.07, 6.45) is 2.04. The van der Waals surface area contributed by atoms with E-state index >= 15 is 0 Å². The average molecular weight is 227 g/mol. The Balaban J connectivity index is 2.31. The van der Waals surface area contributed by atoms with Crippen molar-refractivity contribution in [3.8, 4) is 0 Å². The van der Waals surface area contributed by atoms with Crippen LogP contribution in [-0.2, 0) is 9.59 Å². The highest BCUT2D eigenvalue weighted by Crippen LogP contribution is 2.10. The zero-order chi connectivity index (χ0) is 12.1. The first-order valence-corrected chi connectivity index (χ1v) is 5.84. The first kappa shape index (κ1) is 13.0. The number of hydrogen-bond donors (Lipinski definition) is 2. The molecule has 0 spiro atoms. The summed E-state index contributed by atoms with van der Waals surface area (Å²) in [6, 6.07) is -0.228. The summed E-state index contributed by atoms with van der Waals surface area (Å²) in [5.74, 6) is -0.0365. The molecule has 0 saturated carbocycles. The van der Waals surface area contributed by atoms with E-state index in [9.17, 15) is 9.59 Å². The van der Waals surface area contributed by atoms with E-state index in [1.54, 1.807) is 4.90 Å². The van der Waals surface area contributed by atoms with E-state index in [1.807, 2.05) is 13.8 Å². The molecule has 0 aromatic heterocycles. The lowest BCUT2D eigenvalue weighted by Crippen LogP contribution is -2.49. The Morgan fingerprint density at radius 2 is 2.31 bits per heavy atom. The molecule has 16 heavy (non-hydrogen) atoms. The minimum absolute atomic E-state index is 0.0121. The number of nitrogens with zero attached hydrogens (tertiary/aromatic N) is 1. The quantitative estimate of drug-likeness (QED) is 0.701. The number of carbonyl (C=O) groups excluding carboxylic acids is 2. The molecular weight excluding hydrogens is 206 g/mol. The van der Waals surface area contributed by atoms with Gasteiger partial charge in [-0.15, -0.1) is 0 Å². The molecule has 1 heterocycles. The second-order valence-corrected chi connectivity index (χ2v) is 4.55. The third-order valence-corrected chi connectivity index (χ3v) is 2.63. The van der Waals surface area contributed by atoms with E-state index in [1.165, 1.54) is 0 Å². The fraction of sp³-hybridized carbons (Fsp3) is 0.818. The van der Waals surface area contributed by atoms with Crippen molar-refractivity contribution in [3.05, 3.63) is 0 Å². The predicted molar refractivity (Wildman–Crippen MR) is 61.7 cm³/mol. The molecular formula is C11H21N3O2. The van der Waals surface area contributed by atoms with Crippen LogP contribution in [0.1, 0.15) is 33.1 Å². The summed E-state index contributed by atoms with van der Waals surface area (Å²) in [4.78, 5) is 24.7. The number of carbonyl (C=O) groups is 2. The summed E-state index contributed by atoms with van der Waals surface area (Å²) in [5, 5.41) is 2.80. The maximum Gasteiger partial charge on any atom is 0.239 e. The van der Waals surface area contributed by atoms with E-state index in [4.69, 9.17) is 5.73 Å². The van der Waals surface area contributed by atoms with Gasteiger partial charge in [-0.3, -0.25) is 9.59 Å². The van der Waals surface area contributed by atoms with Crippen LogP contribution in [0, 0.1) is 0 Å². The zero-order valence-electron chi connectivity index (χ0n) is 10.0. The Bertz CT molecular complexity index is 266. The molecule has 1 atom stereocenters. The van der Waals surface area contributed by atoms with Gasteiger partial charge in [-0.25, -0.2) is 0 Å². The lowest BCUT2D eigenvalue weighted by molar-refractivity contribution is -0.135. The first-order valence-electron chi connectivity index (χ1n) is 5.84. The molecule has 0 bridgehead atoms. The third-order valence-electron chi connectivity index (χ3n) is 2.63. The van der Waals surface area contributed by atoms with Crippen LogP contribution in [0.4, 0.5) is 0 Å². The van der Waals surface area contributed by atoms with Crippen molar-refractivity contribution in [2.45, 2.75) is 45.2 Å². The molecule has 5 nitrogen and oxygen atoms in total. The number of likely N-dealkylation sites (tertiary alicyclic amines) is 1. The van der Waals surface area contributed by atoms with E-state index in [0.29, 0.717) is 13.0 Å². The Morgan fingerprint density at radius 1 is 1.62 bits per heavy atom. The molecule has 1 saturated heterocycles. The summed E-state index contributed by atoms with van der Waals surface area (Å²) < 4.78 is 0. The fourth-order valence-electron chi connectivity index (χ4n) is 1.82. The van der Waals surface area contributed by atoms with Crippen LogP contribution in [0.2, 0.25) is 0 Å². The highest BCUT2D eigenvalue weighted by atomic mass is 16.2. The van der Waals surface area contributed by atoms with Gasteiger partial charge in [0.25, 0.3) is 0 Å². The molecule has 1 unspecified atom stereocenters. The maximum atomic E-state index is 11.6. The molecule has 1 rings (SSSR count). The molecule has 0 aromatic rings. The largest absolute Gasteiger partial charge is 0.354 e. The van der Waals surface area contributed by atoms with Gasteiger partial charge in [-0.2, -0.15) is 0 Å². The van der Waals surface area contributed by atoms with Crippen molar-refractivity contribution in [2.75, 3.05) is 13.1 Å². The molecule has 92 valence electrons. The van der Waals surface area contributed by atoms with Crippen molar-refractivity contribution < 1.29 is 9.59 Å². The van der Waals surface area contributed by atoms with Gasteiger partial charge in [-0.1, -0.05) is 0 Å². The Labute approximate surface area is 96.4 Å². The topological polar surface area (TPSA) is 75.4 Å². The van der Waals surface area contributed by atoms with Crippen molar-refractivity contribution in [2.24, 2.45) is 5.73 Å². The predicted octanol–water partition coefficient (Wildman–Crippen LogP) is -0.149. The highest BCUT2D eigenvalue weighted by molar-refractivity contribution is 5.83. The summed E-state index contributed by atoms with van der Waals surface area (Å²) >= 11 is 0. The molecule has 0 aromatic carbocycles. The monoisotopic (exact) mass is 227 g/mol. The van der Waals surface area contributed by atoms with Crippen molar-refractivity contribution in [1.82, 2.24) is 10.2 Å². The van der Waals surface area contributed by atoms with Crippen LogP contribution in [-0.4, -0.2) is 41.9 Å². The van der Waals surface area contributed by atoms with E-state index in [2.05, 4.69) is 5.32 Å². The number of piperidine rings is 1. The van der Waals surface area contributed by atoms with E-state index in [0.717, 1.165) is 19.4 Å². The van der Waals surface area contributed by atoms with Crippen LogP contribution in [0.25, 0.3) is 0 Å². The van der Waals surface area contributed by atoms with E-state index in [-0.39, 0.29) is 23.9 Å². The lowest BCUT2D eigenvalue weighted by atomic mass is 10.1. The third kappa shape index (κ3) is 3.81. The molecule has 1 fully saturated rings. The van der Waals surface area contributed by atoms with Crippen LogP contribution in [0.3, 0.4) is 0 Å². The van der Waals surface area contributed by atoms with Gasteiger partial charge in [-0.05, 0) is 26.7 Å². The van der Waals surface area contributed by atoms with Crippen LogP contribution in [0.15, 0.2) is 0 Å². The SMILES string of the molecule is CC(C)NC(=O)CCN1CCCC(N)C1=O. The molecule has 0 aliphatic carbocycles. The Hall–Kier alpha value is -1.10. The number of hydrogen-bond acceptors (Lipinski definition) is 3. The summed E-state index contributed by atoms with van der Waals surface area (Å²) in [6.45, 7) is 5.03. The smallest absolute Gasteiger partial charge is 0.239 e. The number of nitrogens with two attached hydrogens (primary N) is 1. The van der Waals surface area contributed by atoms with Crippen LogP contribution >= 0.6 is 0 Å². The molecule has 1 aliphatic rings. The summed E-state index contributed by atoms with van der Waals surface area (Å²) in [5.41, 5.74) is 5.66. The average Bonchev–Trinajstić information content (AvgIpc) is 2.19. The first-order chi connectivity index (χ1) is 7.50. The molecule has 5 heteroatoms. The number of rotatable bonds is 4. The minimum Gasteiger partial charge on any atom is -0.354 e. The maximum absolute atomic E-state index is 11.6.